The van der Waals surface area contributed by atoms with Gasteiger partial charge >= 0.3 is 0 Å². The maximum absolute atomic E-state index is 13.2. The highest BCUT2D eigenvalue weighted by Crippen LogP contribution is 2.40. The maximum Gasteiger partial charge on any atom is 0.295 e. The molecule has 2 aromatic carbocycles. The van der Waals surface area contributed by atoms with Gasteiger partial charge in [0.25, 0.3) is 11.7 Å². The van der Waals surface area contributed by atoms with Crippen molar-refractivity contribution in [3.05, 3.63) is 69.2 Å². The SMILES string of the molecule is CCCCOc1ccc(/C(O)=C2\C(=O)C(=O)N(CCCN(C)C)[C@@H]2c2cccc(Br)c2)cc1C. The van der Waals surface area contributed by atoms with E-state index in [1.807, 2.05) is 50.2 Å². The molecule has 182 valence electrons. The molecule has 6 nitrogen and oxygen atoms in total. The van der Waals surface area contributed by atoms with Crippen LogP contribution in [0.5, 0.6) is 5.75 Å². The predicted octanol–water partition coefficient (Wildman–Crippen LogP) is 5.31. The van der Waals surface area contributed by atoms with Gasteiger partial charge < -0.3 is 19.6 Å². The van der Waals surface area contributed by atoms with Crippen LogP contribution < -0.4 is 4.74 Å². The molecule has 0 aliphatic carbocycles. The minimum absolute atomic E-state index is 0.118. The average Bonchev–Trinajstić information content (AvgIpc) is 3.04. The first kappa shape index (κ1) is 26.0. The lowest BCUT2D eigenvalue weighted by Crippen LogP contribution is -2.32. The normalized spacial score (nSPS) is 17.6. The van der Waals surface area contributed by atoms with Gasteiger partial charge in [0.2, 0.25) is 0 Å². The highest BCUT2D eigenvalue weighted by atomic mass is 79.9. The Labute approximate surface area is 210 Å². The van der Waals surface area contributed by atoms with E-state index >= 15 is 0 Å². The van der Waals surface area contributed by atoms with E-state index in [-0.39, 0.29) is 11.3 Å². The third kappa shape index (κ3) is 5.88. The van der Waals surface area contributed by atoms with Crippen LogP contribution in [0.3, 0.4) is 0 Å². The molecule has 0 unspecified atom stereocenters. The zero-order valence-electron chi connectivity index (χ0n) is 20.3. The molecule has 0 bridgehead atoms. The van der Waals surface area contributed by atoms with Crippen molar-refractivity contribution in [2.24, 2.45) is 0 Å². The highest BCUT2D eigenvalue weighted by molar-refractivity contribution is 9.10. The Morgan fingerprint density at radius 1 is 1.15 bits per heavy atom. The Kier molecular flexibility index (Phi) is 8.91. The molecule has 3 rings (SSSR count). The molecule has 1 amide bonds. The zero-order chi connectivity index (χ0) is 24.8. The number of hydrogen-bond donors (Lipinski definition) is 1. The largest absolute Gasteiger partial charge is 0.507 e. The Morgan fingerprint density at radius 2 is 1.91 bits per heavy atom. The monoisotopic (exact) mass is 528 g/mol. The molecule has 1 atom stereocenters. The molecule has 2 aromatic rings. The molecule has 1 heterocycles. The maximum atomic E-state index is 13.2. The fourth-order valence-corrected chi connectivity index (χ4v) is 4.55. The average molecular weight is 529 g/mol. The fraction of sp³-hybridized carbons (Fsp3) is 0.407. The molecule has 0 radical (unpaired) electrons. The molecule has 1 aliphatic heterocycles. The number of carbonyl (C=O) groups excluding carboxylic acids is 2. The quantitative estimate of drug-likeness (QED) is 0.196. The number of aliphatic hydroxyl groups excluding tert-OH is 1. The number of hydrogen-bond acceptors (Lipinski definition) is 5. The molecule has 7 heteroatoms. The summed E-state index contributed by atoms with van der Waals surface area (Å²) in [5, 5.41) is 11.3. The van der Waals surface area contributed by atoms with Gasteiger partial charge in [0, 0.05) is 16.6 Å². The molecule has 1 fully saturated rings. The second kappa shape index (κ2) is 11.7. The van der Waals surface area contributed by atoms with E-state index in [1.165, 1.54) is 0 Å². The number of amides is 1. The first-order valence-electron chi connectivity index (χ1n) is 11.7. The van der Waals surface area contributed by atoms with E-state index in [4.69, 9.17) is 4.74 Å². The van der Waals surface area contributed by atoms with Gasteiger partial charge in [0.15, 0.2) is 0 Å². The fourth-order valence-electron chi connectivity index (χ4n) is 4.13. The second-order valence-electron chi connectivity index (χ2n) is 8.89. The lowest BCUT2D eigenvalue weighted by molar-refractivity contribution is -0.139. The van der Waals surface area contributed by atoms with E-state index in [0.29, 0.717) is 25.1 Å². The van der Waals surface area contributed by atoms with E-state index < -0.39 is 17.7 Å². The van der Waals surface area contributed by atoms with Crippen LogP contribution in [0.4, 0.5) is 0 Å². The number of unbranched alkanes of at least 4 members (excludes halogenated alkanes) is 1. The molecule has 1 aliphatic rings. The Balaban J connectivity index is 2.03. The summed E-state index contributed by atoms with van der Waals surface area (Å²) in [6.45, 7) is 5.84. The van der Waals surface area contributed by atoms with E-state index in [1.54, 1.807) is 23.1 Å². The number of likely N-dealkylation sites (tertiary alicyclic amines) is 1. The number of ether oxygens (including phenoxy) is 1. The predicted molar refractivity (Wildman–Crippen MR) is 138 cm³/mol. The number of nitrogens with zero attached hydrogens (tertiary/aromatic N) is 2. The summed E-state index contributed by atoms with van der Waals surface area (Å²) in [6.07, 6.45) is 2.72. The van der Waals surface area contributed by atoms with E-state index in [2.05, 4.69) is 22.9 Å². The zero-order valence-corrected chi connectivity index (χ0v) is 21.9. The summed E-state index contributed by atoms with van der Waals surface area (Å²) >= 11 is 3.49. The molecule has 1 N–H and O–H groups in total. The van der Waals surface area contributed by atoms with Crippen LogP contribution in [0.25, 0.3) is 5.76 Å². The number of benzene rings is 2. The summed E-state index contributed by atoms with van der Waals surface area (Å²) in [6, 6.07) is 12.2. The van der Waals surface area contributed by atoms with Crippen LogP contribution in [0.1, 0.15) is 48.9 Å². The third-order valence-electron chi connectivity index (χ3n) is 5.91. The van der Waals surface area contributed by atoms with E-state index in [9.17, 15) is 14.7 Å². The van der Waals surface area contributed by atoms with Gasteiger partial charge in [0.1, 0.15) is 11.5 Å². The second-order valence-corrected chi connectivity index (χ2v) is 9.80. The van der Waals surface area contributed by atoms with Crippen molar-refractivity contribution in [1.29, 1.82) is 0 Å². The number of halogens is 1. The minimum atomic E-state index is -0.659. The number of Topliss-reactive ketones (excluding diaryl/α,β-unsaturated/α-hetero) is 1. The van der Waals surface area contributed by atoms with Crippen molar-refractivity contribution in [2.75, 3.05) is 33.8 Å². The van der Waals surface area contributed by atoms with Gasteiger partial charge in [-0.15, -0.1) is 0 Å². The van der Waals surface area contributed by atoms with Crippen LogP contribution in [-0.4, -0.2) is 60.4 Å². The number of ketones is 1. The topological polar surface area (TPSA) is 70.1 Å². The van der Waals surface area contributed by atoms with Crippen molar-refractivity contribution in [2.45, 2.75) is 39.2 Å². The molecular formula is C27H33BrN2O4. The summed E-state index contributed by atoms with van der Waals surface area (Å²) in [5.74, 6) is -0.658. The minimum Gasteiger partial charge on any atom is -0.507 e. The van der Waals surface area contributed by atoms with Gasteiger partial charge in [0.05, 0.1) is 18.2 Å². The Bertz CT molecular complexity index is 1080. The van der Waals surface area contributed by atoms with Gasteiger partial charge in [-0.1, -0.05) is 41.4 Å². The first-order valence-corrected chi connectivity index (χ1v) is 12.5. The third-order valence-corrected chi connectivity index (χ3v) is 6.41. The number of aryl methyl sites for hydroxylation is 1. The van der Waals surface area contributed by atoms with Crippen molar-refractivity contribution in [3.8, 4) is 5.75 Å². The number of carbonyl (C=O) groups is 2. The number of rotatable bonds is 10. The molecule has 1 saturated heterocycles. The van der Waals surface area contributed by atoms with Crippen molar-refractivity contribution < 1.29 is 19.4 Å². The van der Waals surface area contributed by atoms with Gasteiger partial charge in [-0.2, -0.15) is 0 Å². The van der Waals surface area contributed by atoms with Crippen LogP contribution in [0.2, 0.25) is 0 Å². The van der Waals surface area contributed by atoms with Crippen molar-refractivity contribution in [1.82, 2.24) is 9.80 Å². The first-order chi connectivity index (χ1) is 16.2. The van der Waals surface area contributed by atoms with Crippen LogP contribution in [-0.2, 0) is 9.59 Å². The molecule has 0 aromatic heterocycles. The van der Waals surface area contributed by atoms with Crippen molar-refractivity contribution in [3.63, 3.8) is 0 Å². The van der Waals surface area contributed by atoms with Crippen LogP contribution >= 0.6 is 15.9 Å². The van der Waals surface area contributed by atoms with Crippen molar-refractivity contribution >= 4 is 33.4 Å². The standard InChI is InChI=1S/C27H33BrN2O4/c1-5-6-15-34-22-12-11-20(16-18(22)2)25(31)23-24(19-9-7-10-21(28)17-19)30(27(33)26(23)32)14-8-13-29(3)4/h7,9-12,16-17,24,31H,5-6,8,13-15H2,1-4H3/b25-23+/t24-/m1/s1. The van der Waals surface area contributed by atoms with Crippen LogP contribution in [0.15, 0.2) is 52.5 Å². The van der Waals surface area contributed by atoms with Gasteiger partial charge in [-0.05, 0) is 81.9 Å². The Hall–Kier alpha value is -2.64. The highest BCUT2D eigenvalue weighted by Gasteiger charge is 2.45. The molecular weight excluding hydrogens is 496 g/mol. The van der Waals surface area contributed by atoms with Crippen LogP contribution in [0, 0.1) is 6.92 Å². The molecule has 0 saturated carbocycles. The molecule has 34 heavy (non-hydrogen) atoms. The smallest absolute Gasteiger partial charge is 0.295 e. The number of aliphatic hydroxyl groups is 1. The summed E-state index contributed by atoms with van der Waals surface area (Å²) < 4.78 is 6.66. The lowest BCUT2D eigenvalue weighted by Gasteiger charge is -2.26. The summed E-state index contributed by atoms with van der Waals surface area (Å²) in [4.78, 5) is 29.8. The van der Waals surface area contributed by atoms with Gasteiger partial charge in [-0.3, -0.25) is 9.59 Å². The molecule has 0 spiro atoms. The lowest BCUT2D eigenvalue weighted by atomic mass is 9.94. The van der Waals surface area contributed by atoms with Gasteiger partial charge in [-0.25, -0.2) is 0 Å². The summed E-state index contributed by atoms with van der Waals surface area (Å²) in [7, 11) is 3.94. The Morgan fingerprint density at radius 3 is 2.56 bits per heavy atom. The van der Waals surface area contributed by atoms with E-state index in [0.717, 1.165) is 40.7 Å². The summed E-state index contributed by atoms with van der Waals surface area (Å²) in [5.41, 5.74) is 2.24.